The Bertz CT molecular complexity index is 1330. The molecule has 0 radical (unpaired) electrons. The summed E-state index contributed by atoms with van der Waals surface area (Å²) in [5, 5.41) is 285. The van der Waals surface area contributed by atoms with E-state index in [9.17, 15) is 29.7 Å². The highest BCUT2D eigenvalue weighted by Gasteiger charge is 2.39. The van der Waals surface area contributed by atoms with Crippen LogP contribution in [0.3, 0.4) is 0 Å². The molecule has 1 rings (SSSR count). The topological polar surface area (TPSA) is 937 Å². The van der Waals surface area contributed by atoms with Crippen molar-refractivity contribution in [3.8, 4) is 0 Å². The fraction of sp³-hybridized carbons (Fsp3) is 0.927. The first kappa shape index (κ1) is 119. The number of rotatable bonds is 25. The Hall–Kier alpha value is -4.23. The van der Waals surface area contributed by atoms with Crippen molar-refractivity contribution in [3.05, 3.63) is 39.7 Å². The second kappa shape index (κ2) is 81.8. The zero-order valence-electron chi connectivity index (χ0n) is 48.1. The average Bonchev–Trinajstić information content (AvgIpc) is 3.64. The Balaban J connectivity index is -0.0000000602. The number of aldehydes is 2. The third-order valence-corrected chi connectivity index (χ3v) is 11.1. The molecule has 0 aromatic rings. The zero-order chi connectivity index (χ0) is 74.1. The summed E-state index contributed by atoms with van der Waals surface area (Å²) in [6.45, 7) is 7.62. The highest BCUT2D eigenvalue weighted by Crippen LogP contribution is 2.31. The number of carbonyl (C=O) groups is 3. The summed E-state index contributed by atoms with van der Waals surface area (Å²) in [6, 6.07) is 0. The molecule has 24 atom stereocenters. The highest BCUT2D eigenvalue weighted by atomic mass is 17.0. The number of hydrogen-bond donors (Lipinski definition) is 35. The maximum atomic E-state index is 10.1. The van der Waals surface area contributed by atoms with Gasteiger partial charge in [0, 0.05) is 45.6 Å². The molecule has 0 spiro atoms. The van der Waals surface area contributed by atoms with Gasteiger partial charge in [-0.05, 0) is 30.6 Å². The molecule has 1 saturated heterocycles. The summed E-state index contributed by atoms with van der Waals surface area (Å²) in [5.74, 6) is -1.64. The van der Waals surface area contributed by atoms with Crippen LogP contribution in [0, 0.1) is 63.4 Å². The summed E-state index contributed by atoms with van der Waals surface area (Å²) in [5.41, 5.74) is 0. The fourth-order valence-corrected chi connectivity index (χ4v) is 5.33. The smallest absolute Gasteiger partial charge is 0.335 e. The van der Waals surface area contributed by atoms with Gasteiger partial charge in [-0.25, -0.2) is 4.79 Å². The molecule has 48 heteroatoms. The van der Waals surface area contributed by atoms with Gasteiger partial charge in [-0.2, -0.15) is 0 Å². The van der Waals surface area contributed by atoms with E-state index in [4.69, 9.17) is 209 Å². The third kappa shape index (κ3) is 58.6. The van der Waals surface area contributed by atoms with Gasteiger partial charge >= 0.3 is 5.97 Å². The Morgan fingerprint density at radius 3 is 0.843 bits per heavy atom. The number of carbonyl (C=O) groups excluding carboxylic acids is 2. The molecule has 8 unspecified atom stereocenters. The maximum Gasteiger partial charge on any atom is 0.335 e. The first-order chi connectivity index (χ1) is 41.1. The molecule has 1 aliphatic heterocycles. The third-order valence-electron chi connectivity index (χ3n) is 11.1. The van der Waals surface area contributed by atoms with Gasteiger partial charge in [0.15, 0.2) is 31.3 Å². The largest absolute Gasteiger partial charge is 0.479 e. The van der Waals surface area contributed by atoms with Crippen LogP contribution in [-0.4, -0.2) is 366 Å². The van der Waals surface area contributed by atoms with Gasteiger partial charge in [0.1, 0.15) is 97.7 Å². The molecule has 0 saturated carbocycles. The van der Waals surface area contributed by atoms with Gasteiger partial charge in [-0.15, -0.1) is 0 Å². The Labute approximate surface area is 502 Å². The van der Waals surface area contributed by atoms with Crippen LogP contribution in [0.25, 0.3) is 0 Å². The number of hydrogen-bond acceptors (Lipinski definition) is 46. The van der Waals surface area contributed by atoms with Gasteiger partial charge in [-0.1, -0.05) is 41.5 Å². The first-order valence-corrected chi connectivity index (χ1v) is 23.7. The van der Waals surface area contributed by atoms with E-state index >= 15 is 0 Å². The van der Waals surface area contributed by atoms with Gasteiger partial charge in [0.2, 0.25) is 0 Å². The van der Waals surface area contributed by atoms with Crippen LogP contribution in [0.15, 0.2) is 0 Å². The SMILES string of the molecule is CCC(O)C(C)C(C)C(O)O.CCC1OC(O)C(O)C(C)C1C.O.O=C(O)[C@H](O)[C@@H](O)[C@H](O)[C@H](O)CO.O=C[C@H](O)[C@@H](O)[C@H](O)[C@H](O)CO.O=C[C@H](O)[C@@H](O)[C@H](O)[C@H](O)CO.O=O.O=O.O=O.O=O.OC[C@@H](O)[C@@H](O)[C@H](O)[C@@H](O)CO.OO.OO.OO.OO. The molecule has 0 amide bonds. The summed E-state index contributed by atoms with van der Waals surface area (Å²) in [6.07, 6.45) is -29.8. The number of carboxylic acids is 1. The predicted molar refractivity (Wildman–Crippen MR) is 291 cm³/mol. The van der Waals surface area contributed by atoms with E-state index in [1.54, 1.807) is 6.92 Å². The van der Waals surface area contributed by atoms with Crippen LogP contribution >= 0.6 is 0 Å². The lowest BCUT2D eigenvalue weighted by molar-refractivity contribution is -0.250. The van der Waals surface area contributed by atoms with E-state index in [2.05, 4.69) is 0 Å². The number of aliphatic hydroxyl groups is 26. The maximum absolute atomic E-state index is 10.1. The molecule has 1 heterocycles. The van der Waals surface area contributed by atoms with Crippen molar-refractivity contribution in [1.82, 2.24) is 0 Å². The molecule has 1 fully saturated rings. The van der Waals surface area contributed by atoms with Crippen LogP contribution in [0.2, 0.25) is 0 Å². The van der Waals surface area contributed by atoms with Gasteiger partial charge in [-0.3, -0.25) is 42.1 Å². The average molecular weight is 1360 g/mol. The van der Waals surface area contributed by atoms with Crippen LogP contribution < -0.4 is 0 Å². The van der Waals surface area contributed by atoms with Gasteiger partial charge in [0.25, 0.3) is 0 Å². The lowest BCUT2D eigenvalue weighted by atomic mass is 9.83. The second-order valence-electron chi connectivity index (χ2n) is 16.5. The van der Waals surface area contributed by atoms with E-state index in [0.717, 1.165) is 6.42 Å². The van der Waals surface area contributed by atoms with E-state index in [0.29, 0.717) is 12.3 Å². The van der Waals surface area contributed by atoms with Gasteiger partial charge < -0.3 is 158 Å². The van der Waals surface area contributed by atoms with Crippen molar-refractivity contribution in [1.29, 1.82) is 0 Å². The van der Waals surface area contributed by atoms with Crippen molar-refractivity contribution >= 4 is 18.5 Å². The molecule has 48 nitrogen and oxygen atoms in total. The molecule has 0 bridgehead atoms. The number of carboxylic acid groups (broad SMARTS) is 1. The molecule has 37 N–H and O–H groups in total. The number of aliphatic carboxylic acids is 1. The van der Waals surface area contributed by atoms with E-state index in [1.165, 1.54) is 0 Å². The minimum atomic E-state index is -2.20. The van der Waals surface area contributed by atoms with Crippen molar-refractivity contribution in [3.63, 3.8) is 0 Å². The summed E-state index contributed by atoms with van der Waals surface area (Å²) in [4.78, 5) is 85.9. The van der Waals surface area contributed by atoms with Crippen molar-refractivity contribution in [2.45, 2.75) is 183 Å². The lowest BCUT2D eigenvalue weighted by Crippen LogP contribution is -2.48. The van der Waals surface area contributed by atoms with Crippen molar-refractivity contribution < 1.29 is 205 Å². The fourth-order valence-electron chi connectivity index (χ4n) is 5.33. The van der Waals surface area contributed by atoms with Crippen molar-refractivity contribution in [2.24, 2.45) is 23.7 Å². The number of aliphatic hydroxyl groups excluding tert-OH is 25. The molecule has 548 valence electrons. The van der Waals surface area contributed by atoms with Crippen LogP contribution in [0.4, 0.5) is 0 Å². The Morgan fingerprint density at radius 2 is 0.652 bits per heavy atom. The van der Waals surface area contributed by atoms with Crippen LogP contribution in [0.1, 0.15) is 54.4 Å². The molecular weight excluding hydrogens is 1260 g/mol. The quantitative estimate of drug-likeness (QED) is 0.0175. The molecule has 0 aromatic carbocycles. The molecule has 89 heavy (non-hydrogen) atoms. The van der Waals surface area contributed by atoms with Crippen LogP contribution in [-0.2, 0) is 19.1 Å². The standard InChI is InChI=1S/C9H18O3.C8H18O3.C6H12O7.C6H14O6.2C6H12O6.4H2O2.4O2.H2O/c1-4-7-5(2)6(3)8(10)9(11)12-7;1-4-7(9)5(2)6(3)8(10)11;7-1-2(8)3(9)4(10)5(11)6(12)13;3*7-1-3(9)5(11)6(12)4(10)2-8;8*1-2;/h5-11H,4H2,1-3H3;5-11H,4H2,1-3H3;2-5,7-11H,1H2,(H,12,13);3-12H,1-2H2;2*1,3-6,8-12H,2H2;4*1-2H;;;;;1H2/t;;2-,3-,4+,5-;3-,4+,5-,6-;2*3-,4+,5+,6+;;;;;;;;;/m..1100........./s1. The second-order valence-corrected chi connectivity index (χ2v) is 16.5. The van der Waals surface area contributed by atoms with E-state index < -0.39 is 161 Å². The molecular formula is C41H96O48. The minimum absolute atomic E-state index is 0. The Kier molecular flexibility index (Phi) is 109. The zero-order valence-corrected chi connectivity index (χ0v) is 48.1. The number of ether oxygens (including phenoxy) is 1. The predicted octanol–water partition coefficient (Wildman–Crippen LogP) is -13.2. The van der Waals surface area contributed by atoms with Crippen molar-refractivity contribution in [2.75, 3.05) is 33.0 Å². The van der Waals surface area contributed by atoms with E-state index in [-0.39, 0.29) is 41.9 Å². The summed E-state index contributed by atoms with van der Waals surface area (Å²) in [7, 11) is 0. The molecule has 0 aromatic heterocycles. The summed E-state index contributed by atoms with van der Waals surface area (Å²) >= 11 is 0. The van der Waals surface area contributed by atoms with E-state index in [1.807, 2.05) is 34.6 Å². The van der Waals surface area contributed by atoms with Crippen LogP contribution in [0.5, 0.6) is 0 Å². The van der Waals surface area contributed by atoms with Gasteiger partial charge in [0.05, 0.1) is 45.2 Å². The molecule has 0 aliphatic carbocycles. The summed E-state index contributed by atoms with van der Waals surface area (Å²) < 4.78 is 5.24. The monoisotopic (exact) mass is 1360 g/mol. The highest BCUT2D eigenvalue weighted by molar-refractivity contribution is 5.72. The molecule has 1 aliphatic rings. The normalized spacial score (nSPS) is 21.1. The minimum Gasteiger partial charge on any atom is -0.479 e. The first-order valence-electron chi connectivity index (χ1n) is 23.7. The Morgan fingerprint density at radius 1 is 0.416 bits per heavy atom. The lowest BCUT2D eigenvalue weighted by Gasteiger charge is -2.40.